The highest BCUT2D eigenvalue weighted by Gasteiger charge is 2.07. The molecule has 1 atom stereocenters. The molecule has 0 aromatic carbocycles. The molecule has 1 saturated heterocycles. The maximum Gasteiger partial charge on any atom is -0.00156 e. The SMILES string of the molecule is PCCCN1CCCCC1. The first kappa shape index (κ1) is 8.49. The van der Waals surface area contributed by atoms with Crippen molar-refractivity contribution >= 4 is 9.24 Å². The molecule has 0 radical (unpaired) electrons. The van der Waals surface area contributed by atoms with Gasteiger partial charge in [-0.25, -0.2) is 0 Å². The molecule has 0 aliphatic carbocycles. The molecule has 0 N–H and O–H groups in total. The van der Waals surface area contributed by atoms with Gasteiger partial charge in [0.25, 0.3) is 0 Å². The molecule has 0 spiro atoms. The summed E-state index contributed by atoms with van der Waals surface area (Å²) in [5, 5.41) is 0. The fraction of sp³-hybridized carbons (Fsp3) is 1.00. The number of likely N-dealkylation sites (tertiary alicyclic amines) is 1. The van der Waals surface area contributed by atoms with Crippen LogP contribution in [-0.2, 0) is 0 Å². The van der Waals surface area contributed by atoms with Gasteiger partial charge in [-0.2, -0.15) is 0 Å². The van der Waals surface area contributed by atoms with Gasteiger partial charge >= 0.3 is 0 Å². The lowest BCUT2D eigenvalue weighted by Gasteiger charge is -2.25. The molecule has 1 nitrogen and oxygen atoms in total. The van der Waals surface area contributed by atoms with E-state index in [1.165, 1.54) is 51.5 Å². The summed E-state index contributed by atoms with van der Waals surface area (Å²) in [6, 6.07) is 0. The summed E-state index contributed by atoms with van der Waals surface area (Å²) < 4.78 is 0. The van der Waals surface area contributed by atoms with Gasteiger partial charge in [-0.05, 0) is 45.1 Å². The first-order valence-corrected chi connectivity index (χ1v) is 5.17. The van der Waals surface area contributed by atoms with Crippen LogP contribution in [0.25, 0.3) is 0 Å². The summed E-state index contributed by atoms with van der Waals surface area (Å²) in [4.78, 5) is 2.59. The van der Waals surface area contributed by atoms with Crippen LogP contribution >= 0.6 is 9.24 Å². The van der Waals surface area contributed by atoms with Gasteiger partial charge in [0.2, 0.25) is 0 Å². The third-order valence-electron chi connectivity index (χ3n) is 2.13. The van der Waals surface area contributed by atoms with Gasteiger partial charge in [0.15, 0.2) is 0 Å². The van der Waals surface area contributed by atoms with Crippen molar-refractivity contribution in [2.45, 2.75) is 25.7 Å². The second kappa shape index (κ2) is 5.09. The predicted molar refractivity (Wildman–Crippen MR) is 49.5 cm³/mol. The number of hydrogen-bond acceptors (Lipinski definition) is 1. The van der Waals surface area contributed by atoms with Gasteiger partial charge in [0.1, 0.15) is 0 Å². The Kier molecular flexibility index (Phi) is 4.32. The van der Waals surface area contributed by atoms with Gasteiger partial charge in [0.05, 0.1) is 0 Å². The zero-order chi connectivity index (χ0) is 7.23. The molecule has 0 aromatic heterocycles. The van der Waals surface area contributed by atoms with E-state index in [0.29, 0.717) is 0 Å². The van der Waals surface area contributed by atoms with Gasteiger partial charge < -0.3 is 4.90 Å². The average Bonchev–Trinajstić information content (AvgIpc) is 2.03. The van der Waals surface area contributed by atoms with Crippen LogP contribution in [0.1, 0.15) is 25.7 Å². The van der Waals surface area contributed by atoms with Crippen molar-refractivity contribution in [1.82, 2.24) is 4.90 Å². The summed E-state index contributed by atoms with van der Waals surface area (Å²) in [6.07, 6.45) is 6.92. The van der Waals surface area contributed by atoms with Crippen LogP contribution in [0.15, 0.2) is 0 Å². The largest absolute Gasteiger partial charge is 0.303 e. The van der Waals surface area contributed by atoms with E-state index in [-0.39, 0.29) is 0 Å². The maximum absolute atomic E-state index is 2.79. The zero-order valence-corrected chi connectivity index (χ0v) is 7.84. The van der Waals surface area contributed by atoms with Gasteiger partial charge in [-0.1, -0.05) is 6.42 Å². The summed E-state index contributed by atoms with van der Waals surface area (Å²) in [7, 11) is 2.79. The molecule has 0 aromatic rings. The van der Waals surface area contributed by atoms with E-state index in [0.717, 1.165) is 0 Å². The third kappa shape index (κ3) is 2.98. The monoisotopic (exact) mass is 159 g/mol. The molecule has 0 bridgehead atoms. The predicted octanol–water partition coefficient (Wildman–Crippen LogP) is 1.74. The number of rotatable bonds is 3. The topological polar surface area (TPSA) is 3.24 Å². The molecule has 1 fully saturated rings. The van der Waals surface area contributed by atoms with Crippen molar-refractivity contribution in [3.05, 3.63) is 0 Å². The first-order chi connectivity index (χ1) is 4.93. The number of nitrogens with zero attached hydrogens (tertiary/aromatic N) is 1. The molecule has 1 rings (SSSR count). The minimum absolute atomic E-state index is 1.26. The lowest BCUT2D eigenvalue weighted by molar-refractivity contribution is 0.230. The quantitative estimate of drug-likeness (QED) is 0.567. The molecule has 1 aliphatic heterocycles. The maximum atomic E-state index is 2.79. The Balaban J connectivity index is 2.02. The van der Waals surface area contributed by atoms with Crippen molar-refractivity contribution in [3.8, 4) is 0 Å². The molecular weight excluding hydrogens is 141 g/mol. The first-order valence-electron chi connectivity index (χ1n) is 4.36. The third-order valence-corrected chi connectivity index (χ3v) is 2.54. The Labute approximate surface area is 66.4 Å². The molecule has 0 saturated carbocycles. The second-order valence-electron chi connectivity index (χ2n) is 3.04. The molecule has 10 heavy (non-hydrogen) atoms. The molecule has 0 amide bonds. The van der Waals surface area contributed by atoms with E-state index in [4.69, 9.17) is 0 Å². The molecule has 1 heterocycles. The van der Waals surface area contributed by atoms with Crippen LogP contribution in [0, 0.1) is 0 Å². The fourth-order valence-electron chi connectivity index (χ4n) is 1.50. The van der Waals surface area contributed by atoms with Gasteiger partial charge in [0, 0.05) is 0 Å². The lowest BCUT2D eigenvalue weighted by atomic mass is 10.1. The Morgan fingerprint density at radius 2 is 1.80 bits per heavy atom. The van der Waals surface area contributed by atoms with Crippen LogP contribution < -0.4 is 0 Å². The molecular formula is C8H18NP. The van der Waals surface area contributed by atoms with Gasteiger partial charge in [-0.3, -0.25) is 0 Å². The summed E-state index contributed by atoms with van der Waals surface area (Å²) >= 11 is 0. The van der Waals surface area contributed by atoms with Crippen LogP contribution in [0.5, 0.6) is 0 Å². The van der Waals surface area contributed by atoms with E-state index in [1.54, 1.807) is 0 Å². The fourth-order valence-corrected chi connectivity index (χ4v) is 1.68. The second-order valence-corrected chi connectivity index (χ2v) is 3.62. The summed E-state index contributed by atoms with van der Waals surface area (Å²) in [6.45, 7) is 4.03. The van der Waals surface area contributed by atoms with E-state index >= 15 is 0 Å². The Bertz CT molecular complexity index is 79.3. The highest BCUT2D eigenvalue weighted by atomic mass is 31.0. The minimum atomic E-state index is 1.26. The van der Waals surface area contributed by atoms with Crippen molar-refractivity contribution in [2.24, 2.45) is 0 Å². The molecule has 2 heteroatoms. The van der Waals surface area contributed by atoms with Crippen molar-refractivity contribution in [2.75, 3.05) is 25.8 Å². The number of hydrogen-bond donors (Lipinski definition) is 0. The van der Waals surface area contributed by atoms with Crippen LogP contribution in [0.3, 0.4) is 0 Å². The van der Waals surface area contributed by atoms with Crippen LogP contribution in [0.2, 0.25) is 0 Å². The summed E-state index contributed by atoms with van der Waals surface area (Å²) in [5.74, 6) is 0. The number of piperidine rings is 1. The zero-order valence-electron chi connectivity index (χ0n) is 6.68. The van der Waals surface area contributed by atoms with E-state index in [1.807, 2.05) is 0 Å². The highest BCUT2D eigenvalue weighted by Crippen LogP contribution is 2.08. The van der Waals surface area contributed by atoms with Crippen molar-refractivity contribution in [1.29, 1.82) is 0 Å². The van der Waals surface area contributed by atoms with Crippen molar-refractivity contribution < 1.29 is 0 Å². The molecule has 60 valence electrons. The van der Waals surface area contributed by atoms with Crippen LogP contribution in [0.4, 0.5) is 0 Å². The Hall–Kier alpha value is 0.390. The standard InChI is InChI=1S/C8H18NP/c10-8-4-7-9-5-2-1-3-6-9/h1-8,10H2. The molecule has 1 aliphatic rings. The lowest BCUT2D eigenvalue weighted by Crippen LogP contribution is -2.30. The minimum Gasteiger partial charge on any atom is -0.303 e. The molecule has 1 unspecified atom stereocenters. The van der Waals surface area contributed by atoms with Crippen molar-refractivity contribution in [3.63, 3.8) is 0 Å². The normalized spacial score (nSPS) is 21.3. The Morgan fingerprint density at radius 3 is 2.40 bits per heavy atom. The smallest absolute Gasteiger partial charge is 0.00156 e. The highest BCUT2D eigenvalue weighted by molar-refractivity contribution is 7.16. The Morgan fingerprint density at radius 1 is 1.10 bits per heavy atom. The van der Waals surface area contributed by atoms with Gasteiger partial charge in [-0.15, -0.1) is 9.24 Å². The van der Waals surface area contributed by atoms with E-state index in [2.05, 4.69) is 14.1 Å². The average molecular weight is 159 g/mol. The summed E-state index contributed by atoms with van der Waals surface area (Å²) in [5.41, 5.74) is 0. The van der Waals surface area contributed by atoms with E-state index in [9.17, 15) is 0 Å². The van der Waals surface area contributed by atoms with E-state index < -0.39 is 0 Å². The van der Waals surface area contributed by atoms with Crippen LogP contribution in [-0.4, -0.2) is 30.7 Å².